The maximum absolute atomic E-state index is 12.4. The number of hydrogen-bond donors (Lipinski definition) is 1. The number of aromatic carboxylic acids is 1. The van der Waals surface area contributed by atoms with Crippen molar-refractivity contribution in [1.29, 1.82) is 0 Å². The van der Waals surface area contributed by atoms with E-state index in [-0.39, 0.29) is 17.7 Å². The molecule has 0 aliphatic carbocycles. The third-order valence-electron chi connectivity index (χ3n) is 4.06. The van der Waals surface area contributed by atoms with Gasteiger partial charge in [0.25, 0.3) is 0 Å². The van der Waals surface area contributed by atoms with Gasteiger partial charge >= 0.3 is 12.1 Å². The van der Waals surface area contributed by atoms with Crippen LogP contribution in [0, 0.1) is 0 Å². The quantitative estimate of drug-likeness (QED) is 0.919. The number of carbonyl (C=O) groups is 2. The van der Waals surface area contributed by atoms with E-state index < -0.39 is 11.6 Å². The third kappa shape index (κ3) is 4.19. The minimum Gasteiger partial charge on any atom is -0.478 e. The van der Waals surface area contributed by atoms with Crippen LogP contribution >= 0.6 is 0 Å². The number of carboxylic acid groups (broad SMARTS) is 1. The maximum Gasteiger partial charge on any atom is 0.410 e. The van der Waals surface area contributed by atoms with Gasteiger partial charge in [-0.2, -0.15) is 0 Å². The number of ether oxygens (including phenoxy) is 1. The van der Waals surface area contributed by atoms with E-state index in [1.807, 2.05) is 44.7 Å². The zero-order valence-electron chi connectivity index (χ0n) is 14.8. The van der Waals surface area contributed by atoms with Crippen LogP contribution in [0.1, 0.15) is 44.5 Å². The van der Waals surface area contributed by atoms with E-state index in [0.717, 1.165) is 6.42 Å². The lowest BCUT2D eigenvalue weighted by molar-refractivity contribution is 0.0136. The first-order valence-electron chi connectivity index (χ1n) is 8.30. The lowest BCUT2D eigenvalue weighted by Gasteiger charge is -2.42. The summed E-state index contributed by atoms with van der Waals surface area (Å²) in [5, 5.41) is 9.38. The van der Waals surface area contributed by atoms with E-state index in [4.69, 9.17) is 4.74 Å². The van der Waals surface area contributed by atoms with Crippen LogP contribution in [0.5, 0.6) is 0 Å². The van der Waals surface area contributed by atoms with Crippen molar-refractivity contribution in [3.8, 4) is 0 Å². The number of hydrogen-bond acceptors (Lipinski definition) is 4. The Hall–Kier alpha value is -2.24. The van der Waals surface area contributed by atoms with Crippen LogP contribution in [-0.4, -0.2) is 53.3 Å². The molecule has 0 spiro atoms. The molecule has 6 nitrogen and oxygen atoms in total. The summed E-state index contributed by atoms with van der Waals surface area (Å²) in [5.41, 5.74) is 0.466. The summed E-state index contributed by atoms with van der Waals surface area (Å²) in [5.74, 6) is -0.937. The molecule has 1 fully saturated rings. The monoisotopic (exact) mass is 334 g/mol. The van der Waals surface area contributed by atoms with Crippen LogP contribution < -0.4 is 4.90 Å². The van der Waals surface area contributed by atoms with Crippen molar-refractivity contribution in [1.82, 2.24) is 4.90 Å². The molecule has 2 rings (SSSR count). The average Bonchev–Trinajstić information content (AvgIpc) is 2.52. The van der Waals surface area contributed by atoms with E-state index >= 15 is 0 Å². The molecule has 1 saturated heterocycles. The van der Waals surface area contributed by atoms with Crippen LogP contribution in [0.25, 0.3) is 0 Å². The van der Waals surface area contributed by atoms with Gasteiger partial charge in [-0.3, -0.25) is 0 Å². The fourth-order valence-corrected chi connectivity index (χ4v) is 2.91. The van der Waals surface area contributed by atoms with E-state index in [9.17, 15) is 14.7 Å². The van der Waals surface area contributed by atoms with Crippen LogP contribution in [-0.2, 0) is 4.74 Å². The highest BCUT2D eigenvalue weighted by Gasteiger charge is 2.33. The Morgan fingerprint density at radius 1 is 1.25 bits per heavy atom. The molecule has 6 heteroatoms. The van der Waals surface area contributed by atoms with Crippen molar-refractivity contribution in [3.63, 3.8) is 0 Å². The number of amides is 1. The van der Waals surface area contributed by atoms with E-state index in [2.05, 4.69) is 0 Å². The fraction of sp³-hybridized carbons (Fsp3) is 0.556. The average molecular weight is 334 g/mol. The normalized spacial score (nSPS) is 18.4. The molecule has 24 heavy (non-hydrogen) atoms. The zero-order chi connectivity index (χ0) is 17.9. The Morgan fingerprint density at radius 2 is 1.92 bits per heavy atom. The summed E-state index contributed by atoms with van der Waals surface area (Å²) in [7, 11) is 0. The van der Waals surface area contributed by atoms with Crippen LogP contribution in [0.2, 0.25) is 0 Å². The minimum absolute atomic E-state index is 0.00421. The number of rotatable bonds is 3. The molecule has 1 aliphatic rings. The summed E-state index contributed by atoms with van der Waals surface area (Å²) in [6, 6.07) is 6.98. The highest BCUT2D eigenvalue weighted by atomic mass is 16.6. The van der Waals surface area contributed by atoms with Crippen LogP contribution in [0.3, 0.4) is 0 Å². The Morgan fingerprint density at radius 3 is 2.50 bits per heavy atom. The zero-order valence-corrected chi connectivity index (χ0v) is 14.8. The largest absolute Gasteiger partial charge is 0.478 e. The maximum atomic E-state index is 12.4. The van der Waals surface area contributed by atoms with Gasteiger partial charge in [-0.05, 0) is 39.3 Å². The standard InChI is InChI=1S/C18H26N2O4/c1-5-13-12-19(15-9-7-6-8-14(15)16(21)22)10-11-20(13)17(23)24-18(2,3)4/h6-9,13H,5,10-12H2,1-4H3,(H,21,22)/t13-/m0/s1. The number of benzene rings is 1. The molecule has 0 radical (unpaired) electrons. The van der Waals surface area contributed by atoms with Gasteiger partial charge in [0, 0.05) is 19.6 Å². The number of nitrogens with zero attached hydrogens (tertiary/aromatic N) is 2. The SMILES string of the molecule is CC[C@H]1CN(c2ccccc2C(=O)O)CCN1C(=O)OC(C)(C)C. The highest BCUT2D eigenvalue weighted by molar-refractivity contribution is 5.94. The first-order chi connectivity index (χ1) is 11.2. The summed E-state index contributed by atoms with van der Waals surface area (Å²) in [4.78, 5) is 27.6. The topological polar surface area (TPSA) is 70.1 Å². The second-order valence-corrected chi connectivity index (χ2v) is 7.00. The van der Waals surface area contributed by atoms with Crippen molar-refractivity contribution in [2.24, 2.45) is 0 Å². The number of piperazine rings is 1. The molecule has 1 heterocycles. The summed E-state index contributed by atoms with van der Waals surface area (Å²) >= 11 is 0. The molecule has 1 atom stereocenters. The van der Waals surface area contributed by atoms with Crippen LogP contribution in [0.4, 0.5) is 10.5 Å². The molecule has 1 aromatic carbocycles. The van der Waals surface area contributed by atoms with Crippen molar-refractivity contribution in [2.45, 2.75) is 45.8 Å². The summed E-state index contributed by atoms with van der Waals surface area (Å²) < 4.78 is 5.49. The van der Waals surface area contributed by atoms with Gasteiger partial charge in [-0.15, -0.1) is 0 Å². The predicted octanol–water partition coefficient (Wildman–Crippen LogP) is 3.22. The van der Waals surface area contributed by atoms with Crippen molar-refractivity contribution in [2.75, 3.05) is 24.5 Å². The number of anilines is 1. The first-order valence-corrected chi connectivity index (χ1v) is 8.30. The lowest BCUT2D eigenvalue weighted by atomic mass is 10.1. The molecular weight excluding hydrogens is 308 g/mol. The van der Waals surface area contributed by atoms with Crippen molar-refractivity contribution < 1.29 is 19.4 Å². The Labute approximate surface area is 143 Å². The molecule has 1 amide bonds. The van der Waals surface area contributed by atoms with Crippen molar-refractivity contribution in [3.05, 3.63) is 29.8 Å². The lowest BCUT2D eigenvalue weighted by Crippen LogP contribution is -2.56. The first kappa shape index (κ1) is 18.1. The van der Waals surface area contributed by atoms with Gasteiger partial charge in [0.05, 0.1) is 17.3 Å². The molecule has 0 saturated carbocycles. The molecule has 1 aromatic rings. The van der Waals surface area contributed by atoms with Gasteiger partial charge in [0.15, 0.2) is 0 Å². The Bertz CT molecular complexity index is 609. The van der Waals surface area contributed by atoms with Gasteiger partial charge in [0.1, 0.15) is 5.60 Å². The number of carbonyl (C=O) groups excluding carboxylic acids is 1. The molecular formula is C18H26N2O4. The van der Waals surface area contributed by atoms with Gasteiger partial charge < -0.3 is 19.6 Å². The molecule has 1 N–H and O–H groups in total. The second kappa shape index (κ2) is 7.11. The summed E-state index contributed by atoms with van der Waals surface area (Å²) in [6.07, 6.45) is 0.478. The third-order valence-corrected chi connectivity index (χ3v) is 4.06. The minimum atomic E-state index is -0.937. The summed E-state index contributed by atoms with van der Waals surface area (Å²) in [6.45, 7) is 9.28. The molecule has 1 aliphatic heterocycles. The Kier molecular flexibility index (Phi) is 5.36. The predicted molar refractivity (Wildman–Crippen MR) is 92.6 cm³/mol. The molecule has 0 aromatic heterocycles. The number of para-hydroxylation sites is 1. The Balaban J connectivity index is 2.16. The van der Waals surface area contributed by atoms with Crippen molar-refractivity contribution >= 4 is 17.7 Å². The molecule has 132 valence electrons. The number of carboxylic acids is 1. The van der Waals surface area contributed by atoms with Crippen LogP contribution in [0.15, 0.2) is 24.3 Å². The van der Waals surface area contributed by atoms with E-state index in [1.165, 1.54) is 0 Å². The van der Waals surface area contributed by atoms with E-state index in [0.29, 0.717) is 25.3 Å². The van der Waals surface area contributed by atoms with Gasteiger partial charge in [0.2, 0.25) is 0 Å². The highest BCUT2D eigenvalue weighted by Crippen LogP contribution is 2.25. The van der Waals surface area contributed by atoms with Gasteiger partial charge in [-0.1, -0.05) is 19.1 Å². The smallest absolute Gasteiger partial charge is 0.410 e. The fourth-order valence-electron chi connectivity index (χ4n) is 2.91. The second-order valence-electron chi connectivity index (χ2n) is 7.00. The molecule has 0 unspecified atom stereocenters. The van der Waals surface area contributed by atoms with E-state index in [1.54, 1.807) is 17.0 Å². The molecule has 0 bridgehead atoms. The van der Waals surface area contributed by atoms with Gasteiger partial charge in [-0.25, -0.2) is 9.59 Å².